The molecule has 0 saturated heterocycles. The number of amides is 1. The van der Waals surface area contributed by atoms with Crippen molar-refractivity contribution in [3.63, 3.8) is 0 Å². The number of carbonyl (C=O) groups is 1. The van der Waals surface area contributed by atoms with Gasteiger partial charge in [0.15, 0.2) is 0 Å². The van der Waals surface area contributed by atoms with Crippen molar-refractivity contribution in [3.8, 4) is 0 Å². The summed E-state index contributed by atoms with van der Waals surface area (Å²) in [6.45, 7) is 6.13. The largest absolute Gasteiger partial charge is 0.434 e. The molecule has 2 aromatic carbocycles. The first-order valence-electron chi connectivity index (χ1n) is 8.77. The zero-order chi connectivity index (χ0) is 21.7. The summed E-state index contributed by atoms with van der Waals surface area (Å²) < 4.78 is 4.91. The number of aromatic nitrogens is 2. The fourth-order valence-corrected chi connectivity index (χ4v) is 3.19. The van der Waals surface area contributed by atoms with Gasteiger partial charge in [-0.15, -0.1) is 17.7 Å². The first-order chi connectivity index (χ1) is 13.6. The number of rotatable bonds is 4. The molecule has 2 unspecified atom stereocenters. The van der Waals surface area contributed by atoms with Gasteiger partial charge in [0.25, 0.3) is 0 Å². The van der Waals surface area contributed by atoms with Crippen LogP contribution in [0.5, 0.6) is 0 Å². The van der Waals surface area contributed by atoms with Gasteiger partial charge in [-0.1, -0.05) is 36.7 Å². The van der Waals surface area contributed by atoms with Gasteiger partial charge in [0.1, 0.15) is 0 Å². The lowest BCUT2D eigenvalue weighted by molar-refractivity contribution is 0.0997. The number of aromatic amines is 1. The second-order valence-corrected chi connectivity index (χ2v) is 7.50. The molecule has 3 aromatic rings. The molecule has 0 saturated carbocycles. The van der Waals surface area contributed by atoms with Gasteiger partial charge < -0.3 is 15.9 Å². The van der Waals surface area contributed by atoms with E-state index in [1.807, 2.05) is 19.1 Å². The van der Waals surface area contributed by atoms with Gasteiger partial charge in [-0.3, -0.25) is 4.79 Å². The van der Waals surface area contributed by atoms with Crippen molar-refractivity contribution in [2.75, 3.05) is 0 Å². The van der Waals surface area contributed by atoms with Crippen molar-refractivity contribution in [1.82, 2.24) is 10.2 Å². The Labute approximate surface area is 178 Å². The molecule has 0 spiro atoms. The molecule has 0 fully saturated rings. The Kier molecular flexibility index (Phi) is 7.66. The van der Waals surface area contributed by atoms with Crippen molar-refractivity contribution >= 4 is 30.1 Å². The lowest BCUT2D eigenvalue weighted by Crippen LogP contribution is -2.19. The summed E-state index contributed by atoms with van der Waals surface area (Å²) in [6, 6.07) is 10.4. The molecule has 9 heteroatoms. The fraction of sp³-hybridized carbons (Fsp3) is 0.250. The number of nitrogens with one attached hydrogen (secondary N) is 1. The lowest BCUT2D eigenvalue weighted by atomic mass is 9.89. The third kappa shape index (κ3) is 5.72. The van der Waals surface area contributed by atoms with Gasteiger partial charge in [0.2, 0.25) is 11.8 Å². The number of nitrogens with zero attached hydrogens (tertiary/aromatic N) is 1. The van der Waals surface area contributed by atoms with Crippen LogP contribution < -0.4 is 17.2 Å². The molecule has 7 nitrogen and oxygen atoms in total. The van der Waals surface area contributed by atoms with Crippen LogP contribution in [0.15, 0.2) is 50.5 Å². The minimum Gasteiger partial charge on any atom is -0.391 e. The molecule has 0 aliphatic carbocycles. The molecular formula is C20H23ClN4O3S. The highest BCUT2D eigenvalue weighted by molar-refractivity contribution is 7.80. The smallest absolute Gasteiger partial charge is 0.391 e. The number of nitrogens with two attached hydrogens (primary N) is 2. The highest BCUT2D eigenvalue weighted by Gasteiger charge is 2.23. The molecule has 0 radical (unpaired) electrons. The van der Waals surface area contributed by atoms with Crippen LogP contribution in [0.2, 0.25) is 5.02 Å². The Hall–Kier alpha value is -2.55. The van der Waals surface area contributed by atoms with E-state index >= 15 is 0 Å². The Balaban J connectivity index is 0.000000234. The number of hydrogen-bond acceptors (Lipinski definition) is 6. The normalized spacial score (nSPS) is 12.6. The number of primary amides is 1. The topological polar surface area (TPSA) is 128 Å². The van der Waals surface area contributed by atoms with Crippen LogP contribution in [0.3, 0.4) is 0 Å². The SMILES string of the molecule is Cc1cccc(C(C)C(N)c2n[nH]c(=O)o2)c1C.NC(=O)c1cc(Cl)ccc1S. The maximum atomic E-state index is 10.9. The average molecular weight is 435 g/mol. The second-order valence-electron chi connectivity index (χ2n) is 6.58. The molecule has 3 rings (SSSR count). The predicted molar refractivity (Wildman–Crippen MR) is 116 cm³/mol. The molecule has 0 bridgehead atoms. The van der Waals surface area contributed by atoms with E-state index in [9.17, 15) is 9.59 Å². The van der Waals surface area contributed by atoms with Crippen LogP contribution in [-0.4, -0.2) is 16.1 Å². The van der Waals surface area contributed by atoms with Crippen molar-refractivity contribution in [2.45, 2.75) is 37.6 Å². The zero-order valence-corrected chi connectivity index (χ0v) is 17.9. The molecule has 0 aliphatic heterocycles. The van der Waals surface area contributed by atoms with E-state index in [1.165, 1.54) is 17.2 Å². The monoisotopic (exact) mass is 434 g/mol. The second kappa shape index (κ2) is 9.78. The van der Waals surface area contributed by atoms with Crippen molar-refractivity contribution in [1.29, 1.82) is 0 Å². The number of hydrogen-bond donors (Lipinski definition) is 4. The third-order valence-electron chi connectivity index (χ3n) is 4.64. The van der Waals surface area contributed by atoms with Crippen molar-refractivity contribution in [2.24, 2.45) is 11.5 Å². The van der Waals surface area contributed by atoms with Gasteiger partial charge in [0.05, 0.1) is 11.6 Å². The molecule has 0 aliphatic rings. The summed E-state index contributed by atoms with van der Waals surface area (Å²) in [7, 11) is 0. The van der Waals surface area contributed by atoms with Gasteiger partial charge in [-0.25, -0.2) is 9.89 Å². The quantitative estimate of drug-likeness (QED) is 0.467. The number of thiol groups is 1. The van der Waals surface area contributed by atoms with Crippen LogP contribution in [0, 0.1) is 13.8 Å². The first-order valence-corrected chi connectivity index (χ1v) is 9.59. The molecule has 1 heterocycles. The Morgan fingerprint density at radius 2 is 1.97 bits per heavy atom. The van der Waals surface area contributed by atoms with E-state index < -0.39 is 17.7 Å². The molecule has 2 atom stereocenters. The summed E-state index contributed by atoms with van der Waals surface area (Å²) in [5.41, 5.74) is 15.0. The van der Waals surface area contributed by atoms with Crippen LogP contribution in [-0.2, 0) is 0 Å². The van der Waals surface area contributed by atoms with Crippen LogP contribution in [0.4, 0.5) is 0 Å². The minimum absolute atomic E-state index is 0.0244. The molecule has 154 valence electrons. The average Bonchev–Trinajstić information content (AvgIpc) is 3.11. The van der Waals surface area contributed by atoms with E-state index in [0.717, 1.165) is 5.56 Å². The summed E-state index contributed by atoms with van der Waals surface area (Å²) >= 11 is 9.64. The zero-order valence-electron chi connectivity index (χ0n) is 16.3. The van der Waals surface area contributed by atoms with Crippen LogP contribution >= 0.6 is 24.2 Å². The highest BCUT2D eigenvalue weighted by Crippen LogP contribution is 2.30. The number of benzene rings is 2. The number of aryl methyl sites for hydroxylation is 1. The first kappa shape index (κ1) is 22.7. The van der Waals surface area contributed by atoms with E-state index in [0.29, 0.717) is 15.5 Å². The number of H-pyrrole nitrogens is 1. The molecule has 5 N–H and O–H groups in total. The Bertz CT molecular complexity index is 1060. The van der Waals surface area contributed by atoms with E-state index in [2.05, 4.69) is 42.7 Å². The highest BCUT2D eigenvalue weighted by atomic mass is 35.5. The molecule has 1 aromatic heterocycles. The summed E-state index contributed by atoms with van der Waals surface area (Å²) in [5, 5.41) is 6.50. The van der Waals surface area contributed by atoms with Crippen LogP contribution in [0.25, 0.3) is 0 Å². The van der Waals surface area contributed by atoms with E-state index in [4.69, 9.17) is 27.5 Å². The van der Waals surface area contributed by atoms with Crippen molar-refractivity contribution in [3.05, 3.63) is 80.1 Å². The minimum atomic E-state index is -0.575. The summed E-state index contributed by atoms with van der Waals surface area (Å²) in [4.78, 5) is 22.2. The maximum Gasteiger partial charge on any atom is 0.434 e. The standard InChI is InChI=1S/C13H17N3O2.C7H6ClNOS/c1-7-5-4-6-10(8(7)2)9(3)11(14)12-15-16-13(17)18-12;8-4-1-2-6(11)5(3-4)7(9)10/h4-6,9,11H,14H2,1-3H3,(H,16,17);1-3,11H,(H2,9,10). The van der Waals surface area contributed by atoms with Crippen LogP contribution in [0.1, 0.15) is 51.8 Å². The van der Waals surface area contributed by atoms with Gasteiger partial charge in [-0.05, 0) is 48.7 Å². The fourth-order valence-electron chi connectivity index (χ4n) is 2.76. The van der Waals surface area contributed by atoms with Crippen molar-refractivity contribution < 1.29 is 9.21 Å². The van der Waals surface area contributed by atoms with Gasteiger partial charge in [-0.2, -0.15) is 0 Å². The predicted octanol–water partition coefficient (Wildman–Crippen LogP) is 3.51. The lowest BCUT2D eigenvalue weighted by Gasteiger charge is -2.20. The Morgan fingerprint density at radius 1 is 1.28 bits per heavy atom. The van der Waals surface area contributed by atoms with E-state index in [-0.39, 0.29) is 11.8 Å². The van der Waals surface area contributed by atoms with Gasteiger partial charge in [0, 0.05) is 15.8 Å². The van der Waals surface area contributed by atoms with E-state index in [1.54, 1.807) is 12.1 Å². The number of halogens is 1. The number of carbonyl (C=O) groups excluding carboxylic acids is 1. The summed E-state index contributed by atoms with van der Waals surface area (Å²) in [6.07, 6.45) is 0. The third-order valence-corrected chi connectivity index (χ3v) is 5.26. The molecule has 29 heavy (non-hydrogen) atoms. The molecular weight excluding hydrogens is 412 g/mol. The Morgan fingerprint density at radius 3 is 2.52 bits per heavy atom. The molecule has 1 amide bonds. The maximum absolute atomic E-state index is 10.9. The van der Waals surface area contributed by atoms with Gasteiger partial charge >= 0.3 is 5.76 Å². The summed E-state index contributed by atoms with van der Waals surface area (Å²) in [5.74, 6) is -0.823.